The molecule has 3 rings (SSSR count). The number of aryl methyl sites for hydroxylation is 1. The minimum Gasteiger partial charge on any atom is -0.492 e. The normalized spacial score (nSPS) is 11.4. The number of nitrogens with zero attached hydrogens (tertiary/aromatic N) is 2. The molecule has 0 unspecified atom stereocenters. The Morgan fingerprint density at radius 3 is 2.36 bits per heavy atom. The third kappa shape index (κ3) is 6.61. The van der Waals surface area contributed by atoms with Gasteiger partial charge < -0.3 is 14.0 Å². The molecule has 2 heterocycles. The van der Waals surface area contributed by atoms with E-state index in [-0.39, 0.29) is 5.78 Å². The summed E-state index contributed by atoms with van der Waals surface area (Å²) in [5.41, 5.74) is 3.35. The Labute approximate surface area is 203 Å². The van der Waals surface area contributed by atoms with Crippen LogP contribution in [0, 0.1) is 0 Å². The Hall–Kier alpha value is -2.30. The summed E-state index contributed by atoms with van der Waals surface area (Å²) in [5.74, 6) is 0.617. The maximum atomic E-state index is 13.3. The molecule has 0 atom stereocenters. The molecular formula is C28H37ClN2O2. The molecule has 0 aliphatic heterocycles. The van der Waals surface area contributed by atoms with Gasteiger partial charge in [0.1, 0.15) is 5.75 Å². The molecule has 0 bridgehead atoms. The van der Waals surface area contributed by atoms with Gasteiger partial charge in [-0.25, -0.2) is 0 Å². The molecule has 178 valence electrons. The first-order valence-electron chi connectivity index (χ1n) is 12.4. The summed E-state index contributed by atoms with van der Waals surface area (Å²) in [5, 5.41) is 0.480. The number of carbonyl (C=O) groups is 1. The van der Waals surface area contributed by atoms with Gasteiger partial charge in [-0.1, -0.05) is 51.3 Å². The van der Waals surface area contributed by atoms with E-state index < -0.39 is 0 Å². The van der Waals surface area contributed by atoms with E-state index in [1.807, 2.05) is 40.9 Å². The molecule has 2 aromatic heterocycles. The number of carbonyl (C=O) groups excluding carboxylic acids is 1. The minimum absolute atomic E-state index is 0.0195. The topological polar surface area (TPSA) is 34.0 Å². The first-order valence-corrected chi connectivity index (χ1v) is 12.7. The molecule has 3 aromatic rings. The molecule has 0 spiro atoms. The number of fused-ring (bicyclic) bond motifs is 1. The molecule has 4 nitrogen and oxygen atoms in total. The smallest absolute Gasteiger partial charge is 0.210 e. The van der Waals surface area contributed by atoms with Crippen LogP contribution in [0.15, 0.2) is 48.7 Å². The second-order valence-corrected chi connectivity index (χ2v) is 9.00. The van der Waals surface area contributed by atoms with Crippen LogP contribution < -0.4 is 4.74 Å². The highest BCUT2D eigenvalue weighted by Gasteiger charge is 2.19. The third-order valence-electron chi connectivity index (χ3n) is 6.08. The van der Waals surface area contributed by atoms with Crippen LogP contribution in [0.25, 0.3) is 5.52 Å². The SMILES string of the molecule is CCCCN(CCCC)CCCOc1ccc(C(=O)c2c(CC)cc3ccccn23)cc1Cl. The zero-order valence-electron chi connectivity index (χ0n) is 20.3. The summed E-state index contributed by atoms with van der Waals surface area (Å²) in [6.07, 6.45) is 8.61. The largest absolute Gasteiger partial charge is 0.492 e. The van der Waals surface area contributed by atoms with Crippen molar-refractivity contribution in [3.05, 3.63) is 70.5 Å². The fourth-order valence-electron chi connectivity index (χ4n) is 4.17. The predicted octanol–water partition coefficient (Wildman–Crippen LogP) is 7.06. The van der Waals surface area contributed by atoms with Crippen LogP contribution in [0.1, 0.15) is 74.5 Å². The number of benzene rings is 1. The Bertz CT molecular complexity index is 1040. The number of unbranched alkanes of at least 4 members (excludes halogenated alkanes) is 2. The third-order valence-corrected chi connectivity index (χ3v) is 6.38. The molecule has 1 aromatic carbocycles. The molecule has 0 N–H and O–H groups in total. The van der Waals surface area contributed by atoms with E-state index in [9.17, 15) is 4.79 Å². The van der Waals surface area contributed by atoms with Gasteiger partial charge >= 0.3 is 0 Å². The highest BCUT2D eigenvalue weighted by Crippen LogP contribution is 2.28. The number of ether oxygens (including phenoxy) is 1. The average Bonchev–Trinajstić information content (AvgIpc) is 3.22. The van der Waals surface area contributed by atoms with Gasteiger partial charge in [-0.2, -0.15) is 0 Å². The first-order chi connectivity index (χ1) is 16.1. The van der Waals surface area contributed by atoms with Crippen molar-refractivity contribution >= 4 is 22.9 Å². The van der Waals surface area contributed by atoms with Crippen LogP contribution in [-0.4, -0.2) is 41.3 Å². The fourth-order valence-corrected chi connectivity index (χ4v) is 4.40. The van der Waals surface area contributed by atoms with Gasteiger partial charge in [0, 0.05) is 23.8 Å². The maximum Gasteiger partial charge on any atom is 0.210 e. The molecule has 0 fully saturated rings. The molecular weight excluding hydrogens is 432 g/mol. The number of pyridine rings is 1. The van der Waals surface area contributed by atoms with E-state index in [1.54, 1.807) is 6.07 Å². The number of hydrogen-bond donors (Lipinski definition) is 0. The van der Waals surface area contributed by atoms with Crippen LogP contribution in [0.2, 0.25) is 5.02 Å². The molecule has 0 aliphatic carbocycles. The lowest BCUT2D eigenvalue weighted by molar-refractivity contribution is 0.103. The van der Waals surface area contributed by atoms with Gasteiger partial charge in [0.2, 0.25) is 5.78 Å². The van der Waals surface area contributed by atoms with Crippen LogP contribution in [0.3, 0.4) is 0 Å². The molecule has 0 saturated carbocycles. The summed E-state index contributed by atoms with van der Waals surface area (Å²) in [4.78, 5) is 15.9. The molecule has 33 heavy (non-hydrogen) atoms. The van der Waals surface area contributed by atoms with E-state index in [0.717, 1.165) is 43.6 Å². The van der Waals surface area contributed by atoms with E-state index in [2.05, 4.69) is 31.7 Å². The van der Waals surface area contributed by atoms with Crippen molar-refractivity contribution in [2.75, 3.05) is 26.2 Å². The van der Waals surface area contributed by atoms with Crippen molar-refractivity contribution in [2.45, 2.75) is 59.3 Å². The second kappa shape index (κ2) is 12.8. The van der Waals surface area contributed by atoms with E-state index in [4.69, 9.17) is 16.3 Å². The highest BCUT2D eigenvalue weighted by atomic mass is 35.5. The van der Waals surface area contributed by atoms with Crippen molar-refractivity contribution in [3.63, 3.8) is 0 Å². The first kappa shape index (κ1) is 25.3. The predicted molar refractivity (Wildman–Crippen MR) is 138 cm³/mol. The van der Waals surface area contributed by atoms with Crippen molar-refractivity contribution in [1.29, 1.82) is 0 Å². The summed E-state index contributed by atoms with van der Waals surface area (Å²) >= 11 is 6.51. The summed E-state index contributed by atoms with van der Waals surface area (Å²) in [6, 6.07) is 13.4. The molecule has 0 saturated heterocycles. The van der Waals surface area contributed by atoms with Crippen LogP contribution in [0.4, 0.5) is 0 Å². The van der Waals surface area contributed by atoms with Crippen LogP contribution >= 0.6 is 11.6 Å². The van der Waals surface area contributed by atoms with Gasteiger partial charge in [0.25, 0.3) is 0 Å². The number of ketones is 1. The second-order valence-electron chi connectivity index (χ2n) is 8.59. The van der Waals surface area contributed by atoms with E-state index >= 15 is 0 Å². The standard InChI is InChI=1S/C28H37ClN2O2/c1-4-7-15-30(16-8-5-2)17-11-19-33-26-14-13-23(21-25(26)29)28(32)27-22(6-3)20-24-12-9-10-18-31(24)27/h9-10,12-14,18,20-21H,4-8,11,15-17,19H2,1-3H3. The van der Waals surface area contributed by atoms with E-state index in [0.29, 0.717) is 28.6 Å². The van der Waals surface area contributed by atoms with Crippen molar-refractivity contribution < 1.29 is 9.53 Å². The number of halogens is 1. The number of aromatic nitrogens is 1. The van der Waals surface area contributed by atoms with Gasteiger partial charge in [-0.05, 0) is 80.7 Å². The van der Waals surface area contributed by atoms with Gasteiger partial charge in [0.05, 0.1) is 17.3 Å². The van der Waals surface area contributed by atoms with Crippen LogP contribution in [-0.2, 0) is 6.42 Å². The fraction of sp³-hybridized carbons (Fsp3) is 0.464. The molecule has 0 amide bonds. The van der Waals surface area contributed by atoms with Crippen molar-refractivity contribution in [1.82, 2.24) is 9.30 Å². The maximum absolute atomic E-state index is 13.3. The zero-order chi connectivity index (χ0) is 23.6. The Balaban J connectivity index is 1.63. The molecule has 0 radical (unpaired) electrons. The monoisotopic (exact) mass is 468 g/mol. The number of rotatable bonds is 14. The summed E-state index contributed by atoms with van der Waals surface area (Å²) in [6.45, 7) is 10.5. The molecule has 0 aliphatic rings. The Morgan fingerprint density at radius 1 is 0.970 bits per heavy atom. The lowest BCUT2D eigenvalue weighted by atomic mass is 10.0. The quantitative estimate of drug-likeness (QED) is 0.187. The minimum atomic E-state index is -0.0195. The Kier molecular flexibility index (Phi) is 9.83. The lowest BCUT2D eigenvalue weighted by Crippen LogP contribution is -2.28. The molecule has 5 heteroatoms. The van der Waals surface area contributed by atoms with Gasteiger partial charge in [-0.15, -0.1) is 0 Å². The lowest BCUT2D eigenvalue weighted by Gasteiger charge is -2.22. The average molecular weight is 469 g/mol. The Morgan fingerprint density at radius 2 is 1.70 bits per heavy atom. The van der Waals surface area contributed by atoms with Crippen molar-refractivity contribution in [3.8, 4) is 5.75 Å². The van der Waals surface area contributed by atoms with Gasteiger partial charge in [-0.3, -0.25) is 4.79 Å². The highest BCUT2D eigenvalue weighted by molar-refractivity contribution is 6.32. The zero-order valence-corrected chi connectivity index (χ0v) is 21.0. The van der Waals surface area contributed by atoms with Crippen LogP contribution in [0.5, 0.6) is 5.75 Å². The van der Waals surface area contributed by atoms with E-state index in [1.165, 1.54) is 25.7 Å². The van der Waals surface area contributed by atoms with Crippen molar-refractivity contribution in [2.24, 2.45) is 0 Å². The summed E-state index contributed by atoms with van der Waals surface area (Å²) in [7, 11) is 0. The number of hydrogen-bond acceptors (Lipinski definition) is 3. The summed E-state index contributed by atoms with van der Waals surface area (Å²) < 4.78 is 7.92. The van der Waals surface area contributed by atoms with Gasteiger partial charge in [0.15, 0.2) is 0 Å².